The molecule has 3 heterocycles. The molecule has 0 saturated carbocycles. The number of hydrogen-bond donors (Lipinski definition) is 2. The first-order valence-corrected chi connectivity index (χ1v) is 15.3. The highest BCUT2D eigenvalue weighted by molar-refractivity contribution is 6.12. The summed E-state index contributed by atoms with van der Waals surface area (Å²) in [5, 5.41) is 5.50. The Balaban J connectivity index is 1.19. The second-order valence-corrected chi connectivity index (χ2v) is 13.6. The summed E-state index contributed by atoms with van der Waals surface area (Å²) in [5.74, 6) is 1.26. The third-order valence-corrected chi connectivity index (χ3v) is 8.73. The van der Waals surface area contributed by atoms with Gasteiger partial charge in [0.25, 0.3) is 0 Å². The van der Waals surface area contributed by atoms with Gasteiger partial charge in [0.2, 0.25) is 5.91 Å². The number of H-pyrrole nitrogens is 1. The number of nitrogens with zero attached hydrogens (tertiary/aromatic N) is 1. The number of rotatable bonds is 6. The van der Waals surface area contributed by atoms with Crippen LogP contribution in [-0.4, -0.2) is 41.0 Å². The molecule has 0 atom stereocenters. The van der Waals surface area contributed by atoms with Gasteiger partial charge in [-0.1, -0.05) is 57.2 Å². The van der Waals surface area contributed by atoms with E-state index in [1.54, 1.807) is 6.08 Å². The molecule has 0 unspecified atom stereocenters. The van der Waals surface area contributed by atoms with Crippen LogP contribution in [-0.2, 0) is 16.8 Å². The minimum absolute atomic E-state index is 0.0539. The normalized spacial score (nSPS) is 17.5. The molecule has 0 aliphatic carbocycles. The number of carbonyl (C=O) groups excluding carboxylic acids is 1. The summed E-state index contributed by atoms with van der Waals surface area (Å²) >= 11 is 0. The first-order chi connectivity index (χ1) is 20.1. The van der Waals surface area contributed by atoms with Crippen molar-refractivity contribution in [3.05, 3.63) is 89.0 Å². The van der Waals surface area contributed by atoms with Gasteiger partial charge < -0.3 is 15.0 Å². The van der Waals surface area contributed by atoms with Crippen LogP contribution in [0.4, 0.5) is 0 Å². The van der Waals surface area contributed by atoms with E-state index < -0.39 is 5.60 Å². The molecule has 2 N–H and O–H groups in total. The van der Waals surface area contributed by atoms with Crippen LogP contribution in [0, 0.1) is 5.92 Å². The van der Waals surface area contributed by atoms with Gasteiger partial charge >= 0.3 is 0 Å². The van der Waals surface area contributed by atoms with Crippen molar-refractivity contribution < 1.29 is 9.53 Å². The minimum Gasteiger partial charge on any atom is -0.482 e. The van der Waals surface area contributed by atoms with Crippen LogP contribution in [0.5, 0.6) is 5.75 Å². The van der Waals surface area contributed by atoms with Crippen LogP contribution >= 0.6 is 0 Å². The number of ether oxygens (including phenoxy) is 1. The molecule has 1 amide bonds. The van der Waals surface area contributed by atoms with E-state index in [4.69, 9.17) is 4.74 Å². The monoisotopic (exact) mass is 561 g/mol. The standard InChI is InChI=1S/C37H43N3O2/c1-36(2,3)28-12-13-32-30(22-28)31-21-27(35-29(34(31)39-32)15-18-37(4,5)42-35)11-14-33(41)38-23-25-16-19-40(20-17-25)24-26-9-7-6-8-10-26/h6-15,18,21-22,25,39H,16-17,19-20,23-24H2,1-5H3,(H,38,41)/b14-11+. The molecule has 2 aliphatic rings. The smallest absolute Gasteiger partial charge is 0.244 e. The Bertz CT molecular complexity index is 1660. The lowest BCUT2D eigenvalue weighted by Gasteiger charge is -2.32. The zero-order valence-corrected chi connectivity index (χ0v) is 25.6. The van der Waals surface area contributed by atoms with Crippen molar-refractivity contribution in [2.45, 2.75) is 65.0 Å². The number of nitrogens with one attached hydrogen (secondary N) is 2. The van der Waals surface area contributed by atoms with E-state index in [0.29, 0.717) is 12.5 Å². The number of benzene rings is 3. The van der Waals surface area contributed by atoms with Crippen LogP contribution in [0.2, 0.25) is 0 Å². The van der Waals surface area contributed by atoms with Gasteiger partial charge in [-0.25, -0.2) is 0 Å². The van der Waals surface area contributed by atoms with Crippen molar-refractivity contribution in [1.82, 2.24) is 15.2 Å². The van der Waals surface area contributed by atoms with Gasteiger partial charge in [-0.05, 0) is 98.7 Å². The fraction of sp³-hybridized carbons (Fsp3) is 0.378. The highest BCUT2D eigenvalue weighted by Gasteiger charge is 2.27. The first-order valence-electron chi connectivity index (χ1n) is 15.3. The molecule has 4 aromatic rings. The maximum atomic E-state index is 13.0. The average molecular weight is 562 g/mol. The predicted molar refractivity (Wildman–Crippen MR) is 175 cm³/mol. The van der Waals surface area contributed by atoms with Crippen LogP contribution in [0.1, 0.15) is 69.7 Å². The number of carbonyl (C=O) groups is 1. The molecule has 0 bridgehead atoms. The Kier molecular flexibility index (Phi) is 7.48. The third-order valence-electron chi connectivity index (χ3n) is 8.73. The van der Waals surface area contributed by atoms with Gasteiger partial charge in [0, 0.05) is 46.6 Å². The highest BCUT2D eigenvalue weighted by atomic mass is 16.5. The number of likely N-dealkylation sites (tertiary alicyclic amines) is 1. The van der Waals surface area contributed by atoms with E-state index >= 15 is 0 Å². The average Bonchev–Trinajstić information content (AvgIpc) is 3.33. The Hall–Kier alpha value is -3.83. The van der Waals surface area contributed by atoms with Crippen molar-refractivity contribution in [2.75, 3.05) is 19.6 Å². The molecule has 1 aromatic heterocycles. The molecular formula is C37H43N3O2. The maximum absolute atomic E-state index is 13.0. The number of aromatic nitrogens is 1. The van der Waals surface area contributed by atoms with Crippen molar-refractivity contribution in [2.24, 2.45) is 5.92 Å². The van der Waals surface area contributed by atoms with Gasteiger partial charge in [0.05, 0.1) is 5.52 Å². The van der Waals surface area contributed by atoms with Gasteiger partial charge in [0.15, 0.2) is 0 Å². The number of aromatic amines is 1. The van der Waals surface area contributed by atoms with E-state index in [1.807, 2.05) is 6.08 Å². The Morgan fingerprint density at radius 2 is 1.83 bits per heavy atom. The van der Waals surface area contributed by atoms with Crippen LogP contribution in [0.25, 0.3) is 34.0 Å². The number of hydrogen-bond acceptors (Lipinski definition) is 3. The Morgan fingerprint density at radius 3 is 2.57 bits per heavy atom. The molecule has 3 aromatic carbocycles. The number of fused-ring (bicyclic) bond motifs is 5. The lowest BCUT2D eigenvalue weighted by Crippen LogP contribution is -2.38. The maximum Gasteiger partial charge on any atom is 0.244 e. The van der Waals surface area contributed by atoms with Crippen molar-refractivity contribution >= 4 is 39.9 Å². The summed E-state index contributed by atoms with van der Waals surface area (Å²) in [5.41, 5.74) is 6.41. The third kappa shape index (κ3) is 6.03. The summed E-state index contributed by atoms with van der Waals surface area (Å²) < 4.78 is 6.48. The van der Waals surface area contributed by atoms with Crippen molar-refractivity contribution in [3.8, 4) is 5.75 Å². The molecule has 6 rings (SSSR count). The summed E-state index contributed by atoms with van der Waals surface area (Å²) in [6.07, 6.45) is 10.0. The molecule has 2 aliphatic heterocycles. The lowest BCUT2D eigenvalue weighted by molar-refractivity contribution is -0.116. The molecule has 218 valence electrons. The molecule has 0 radical (unpaired) electrons. The fourth-order valence-corrected chi connectivity index (χ4v) is 6.17. The molecule has 0 spiro atoms. The zero-order chi connectivity index (χ0) is 29.5. The molecule has 1 fully saturated rings. The number of amides is 1. The lowest BCUT2D eigenvalue weighted by atomic mass is 9.86. The fourth-order valence-electron chi connectivity index (χ4n) is 6.17. The predicted octanol–water partition coefficient (Wildman–Crippen LogP) is 7.84. The molecule has 5 heteroatoms. The second kappa shape index (κ2) is 11.1. The summed E-state index contributed by atoms with van der Waals surface area (Å²) in [6, 6.07) is 19.5. The van der Waals surface area contributed by atoms with Gasteiger partial charge in [0.1, 0.15) is 11.4 Å². The quantitative estimate of drug-likeness (QED) is 0.236. The Morgan fingerprint density at radius 1 is 1.07 bits per heavy atom. The van der Waals surface area contributed by atoms with Crippen LogP contribution < -0.4 is 10.1 Å². The van der Waals surface area contributed by atoms with Crippen LogP contribution in [0.3, 0.4) is 0 Å². The summed E-state index contributed by atoms with van der Waals surface area (Å²) in [4.78, 5) is 19.1. The zero-order valence-electron chi connectivity index (χ0n) is 25.6. The molecule has 1 saturated heterocycles. The van der Waals surface area contributed by atoms with Crippen LogP contribution in [0.15, 0.2) is 66.7 Å². The first kappa shape index (κ1) is 28.3. The summed E-state index contributed by atoms with van der Waals surface area (Å²) in [7, 11) is 0. The van der Waals surface area contributed by atoms with Gasteiger partial charge in [-0.15, -0.1) is 0 Å². The van der Waals surface area contributed by atoms with E-state index in [1.165, 1.54) is 16.5 Å². The molecular weight excluding hydrogens is 518 g/mol. The van der Waals surface area contributed by atoms with Crippen molar-refractivity contribution in [1.29, 1.82) is 0 Å². The van der Waals surface area contributed by atoms with Gasteiger partial charge in [-0.2, -0.15) is 0 Å². The topological polar surface area (TPSA) is 57.4 Å². The summed E-state index contributed by atoms with van der Waals surface area (Å²) in [6.45, 7) is 14.7. The van der Waals surface area contributed by atoms with Gasteiger partial charge in [-0.3, -0.25) is 9.69 Å². The van der Waals surface area contributed by atoms with E-state index in [9.17, 15) is 4.79 Å². The van der Waals surface area contributed by atoms with Crippen molar-refractivity contribution in [3.63, 3.8) is 0 Å². The van der Waals surface area contributed by atoms with E-state index in [-0.39, 0.29) is 11.3 Å². The minimum atomic E-state index is -0.424. The largest absolute Gasteiger partial charge is 0.482 e. The Labute approximate surface area is 249 Å². The van der Waals surface area contributed by atoms with E-state index in [0.717, 1.165) is 65.8 Å². The highest BCUT2D eigenvalue weighted by Crippen LogP contribution is 2.42. The molecule has 42 heavy (non-hydrogen) atoms. The molecule has 5 nitrogen and oxygen atoms in total. The van der Waals surface area contributed by atoms with E-state index in [2.05, 4.69) is 117 Å². The number of piperidine rings is 1. The second-order valence-electron chi connectivity index (χ2n) is 13.6. The SMILES string of the molecule is CC1(C)C=Cc2c(c(/C=C/C(=O)NCC3CCN(Cc4ccccc4)CC3)cc3c2[nH]c2ccc(C(C)(C)C)cc23)O1.